The van der Waals surface area contributed by atoms with Crippen LogP contribution in [0.5, 0.6) is 5.75 Å². The number of carbonyl (C=O) groups is 1. The van der Waals surface area contributed by atoms with Crippen molar-refractivity contribution in [2.75, 3.05) is 38.1 Å². The zero-order valence-corrected chi connectivity index (χ0v) is 20.3. The third-order valence-electron chi connectivity index (χ3n) is 5.72. The van der Waals surface area contributed by atoms with E-state index in [9.17, 15) is 13.2 Å². The summed E-state index contributed by atoms with van der Waals surface area (Å²) in [6.45, 7) is 3.29. The molecule has 1 aliphatic heterocycles. The lowest BCUT2D eigenvalue weighted by atomic mass is 10.2. The van der Waals surface area contributed by atoms with Gasteiger partial charge in [-0.3, -0.25) is 14.4 Å². The average molecular weight is 496 g/mol. The van der Waals surface area contributed by atoms with Gasteiger partial charge in [0.05, 0.1) is 30.4 Å². The normalized spacial score (nSPS) is 16.4. The fourth-order valence-electron chi connectivity index (χ4n) is 3.93. The molecule has 0 aliphatic carbocycles. The minimum absolute atomic E-state index is 0.0148. The van der Waals surface area contributed by atoms with Crippen LogP contribution in [0.25, 0.3) is 0 Å². The number of sulfonamides is 1. The van der Waals surface area contributed by atoms with Crippen LogP contribution in [0.15, 0.2) is 83.8 Å². The van der Waals surface area contributed by atoms with E-state index in [0.717, 1.165) is 13.1 Å². The monoisotopic (exact) mass is 495 g/mol. The van der Waals surface area contributed by atoms with E-state index in [-0.39, 0.29) is 22.5 Å². The van der Waals surface area contributed by atoms with Gasteiger partial charge in [0.1, 0.15) is 5.75 Å². The molecule has 1 aliphatic rings. The Bertz CT molecular complexity index is 1250. The number of methoxy groups -OCH3 is 1. The van der Waals surface area contributed by atoms with E-state index in [1.54, 1.807) is 36.4 Å². The number of carbonyl (C=O) groups excluding carboxylic acids is 1. The summed E-state index contributed by atoms with van der Waals surface area (Å²) in [5.74, 6) is 0.0434. The molecule has 0 unspecified atom stereocenters. The van der Waals surface area contributed by atoms with E-state index >= 15 is 0 Å². The molecule has 8 nitrogen and oxygen atoms in total. The van der Waals surface area contributed by atoms with Crippen molar-refractivity contribution in [1.29, 1.82) is 0 Å². The number of rotatable bonds is 9. The maximum Gasteiger partial charge on any atom is 0.262 e. The molecule has 0 aromatic heterocycles. The van der Waals surface area contributed by atoms with Crippen molar-refractivity contribution in [1.82, 2.24) is 10.2 Å². The number of morpholine rings is 1. The summed E-state index contributed by atoms with van der Waals surface area (Å²) in [6, 6.07) is 22.9. The second-order valence-corrected chi connectivity index (χ2v) is 9.94. The van der Waals surface area contributed by atoms with E-state index in [1.807, 2.05) is 18.2 Å². The number of hydrogen-bond acceptors (Lipinski definition) is 6. The molecule has 2 N–H and O–H groups in total. The molecule has 0 saturated carbocycles. The predicted octanol–water partition coefficient (Wildman–Crippen LogP) is 3.13. The molecule has 3 aromatic carbocycles. The number of ether oxygens (including phenoxy) is 2. The van der Waals surface area contributed by atoms with Gasteiger partial charge in [0.2, 0.25) is 0 Å². The second kappa shape index (κ2) is 11.4. The third-order valence-corrected chi connectivity index (χ3v) is 7.08. The molecule has 184 valence electrons. The van der Waals surface area contributed by atoms with Crippen LogP contribution in [0.3, 0.4) is 0 Å². The Morgan fingerprint density at radius 1 is 1.06 bits per heavy atom. The topological polar surface area (TPSA) is 97.0 Å². The van der Waals surface area contributed by atoms with Crippen molar-refractivity contribution in [2.24, 2.45) is 0 Å². The van der Waals surface area contributed by atoms with E-state index in [0.29, 0.717) is 31.1 Å². The number of anilines is 1. The van der Waals surface area contributed by atoms with Gasteiger partial charge in [-0.2, -0.15) is 0 Å². The zero-order chi connectivity index (χ0) is 24.7. The number of hydrogen-bond donors (Lipinski definition) is 2. The predicted molar refractivity (Wildman–Crippen MR) is 134 cm³/mol. The summed E-state index contributed by atoms with van der Waals surface area (Å²) < 4.78 is 39.4. The van der Waals surface area contributed by atoms with Crippen LogP contribution in [-0.4, -0.2) is 58.7 Å². The average Bonchev–Trinajstić information content (AvgIpc) is 2.88. The van der Waals surface area contributed by atoms with Gasteiger partial charge in [-0.05, 0) is 35.9 Å². The number of para-hydroxylation sites is 2. The van der Waals surface area contributed by atoms with Crippen molar-refractivity contribution in [3.05, 3.63) is 90.0 Å². The quantitative estimate of drug-likeness (QED) is 0.474. The summed E-state index contributed by atoms with van der Waals surface area (Å²) in [5, 5.41) is 2.87. The van der Waals surface area contributed by atoms with Crippen molar-refractivity contribution in [2.45, 2.75) is 17.5 Å². The zero-order valence-electron chi connectivity index (χ0n) is 19.5. The number of amides is 1. The summed E-state index contributed by atoms with van der Waals surface area (Å²) in [4.78, 5) is 15.1. The molecule has 1 heterocycles. The van der Waals surface area contributed by atoms with Gasteiger partial charge < -0.3 is 14.8 Å². The first kappa shape index (κ1) is 24.7. The van der Waals surface area contributed by atoms with Crippen molar-refractivity contribution >= 4 is 21.6 Å². The smallest absolute Gasteiger partial charge is 0.262 e. The molecule has 1 saturated heterocycles. The van der Waals surface area contributed by atoms with Crippen LogP contribution in [0.2, 0.25) is 0 Å². The highest BCUT2D eigenvalue weighted by atomic mass is 32.2. The SMILES string of the molecule is COc1ccccc1NS(=O)(=O)c1cccc(C(=O)NC[C@H]2CN(Cc3ccccc3)CCO2)c1. The minimum Gasteiger partial charge on any atom is -0.495 e. The number of nitrogens with one attached hydrogen (secondary N) is 2. The molecule has 0 spiro atoms. The first-order valence-electron chi connectivity index (χ1n) is 11.4. The van der Waals surface area contributed by atoms with Crippen molar-refractivity contribution < 1.29 is 22.7 Å². The van der Waals surface area contributed by atoms with Crippen LogP contribution in [0.4, 0.5) is 5.69 Å². The van der Waals surface area contributed by atoms with Gasteiger partial charge in [0.15, 0.2) is 0 Å². The van der Waals surface area contributed by atoms with E-state index in [1.165, 1.54) is 24.8 Å². The number of benzene rings is 3. The molecule has 0 radical (unpaired) electrons. The van der Waals surface area contributed by atoms with E-state index in [4.69, 9.17) is 9.47 Å². The largest absolute Gasteiger partial charge is 0.495 e. The van der Waals surface area contributed by atoms with Gasteiger partial charge >= 0.3 is 0 Å². The Hall–Kier alpha value is -3.40. The lowest BCUT2D eigenvalue weighted by Gasteiger charge is -2.33. The van der Waals surface area contributed by atoms with Crippen LogP contribution in [-0.2, 0) is 21.3 Å². The van der Waals surface area contributed by atoms with Gasteiger partial charge in [0, 0.05) is 31.7 Å². The van der Waals surface area contributed by atoms with Gasteiger partial charge in [-0.1, -0.05) is 48.5 Å². The first-order valence-corrected chi connectivity index (χ1v) is 12.8. The molecule has 1 atom stereocenters. The van der Waals surface area contributed by atoms with Gasteiger partial charge in [-0.25, -0.2) is 8.42 Å². The fourth-order valence-corrected chi connectivity index (χ4v) is 5.05. The molecular formula is C26H29N3O5S. The summed E-state index contributed by atoms with van der Waals surface area (Å²) in [6.07, 6.45) is -0.143. The highest BCUT2D eigenvalue weighted by Crippen LogP contribution is 2.26. The Labute approximate surface area is 205 Å². The Morgan fingerprint density at radius 3 is 2.63 bits per heavy atom. The maximum atomic E-state index is 12.9. The Kier molecular flexibility index (Phi) is 8.02. The molecule has 1 fully saturated rings. The molecule has 3 aromatic rings. The molecule has 35 heavy (non-hydrogen) atoms. The molecule has 0 bridgehead atoms. The van der Waals surface area contributed by atoms with Crippen molar-refractivity contribution in [3.63, 3.8) is 0 Å². The first-order chi connectivity index (χ1) is 16.9. The van der Waals surface area contributed by atoms with E-state index in [2.05, 4.69) is 27.1 Å². The highest BCUT2D eigenvalue weighted by Gasteiger charge is 2.22. The number of nitrogens with zero attached hydrogens (tertiary/aromatic N) is 1. The molecule has 9 heteroatoms. The Balaban J connectivity index is 1.36. The van der Waals surface area contributed by atoms with E-state index < -0.39 is 10.0 Å². The van der Waals surface area contributed by atoms with Crippen LogP contribution >= 0.6 is 0 Å². The standard InChI is InChI=1S/C26H29N3O5S/c1-33-25-13-6-5-12-24(25)28-35(31,32)23-11-7-10-21(16-23)26(30)27-17-22-19-29(14-15-34-22)18-20-8-3-2-4-9-20/h2-13,16,22,28H,14-15,17-19H2,1H3,(H,27,30)/t22-/m0/s1. The molecular weight excluding hydrogens is 466 g/mol. The van der Waals surface area contributed by atoms with Gasteiger partial charge in [-0.15, -0.1) is 0 Å². The van der Waals surface area contributed by atoms with Gasteiger partial charge in [0.25, 0.3) is 15.9 Å². The van der Waals surface area contributed by atoms with Crippen molar-refractivity contribution in [3.8, 4) is 5.75 Å². The molecule has 4 rings (SSSR count). The maximum absolute atomic E-state index is 12.9. The lowest BCUT2D eigenvalue weighted by Crippen LogP contribution is -2.47. The fraction of sp³-hybridized carbons (Fsp3) is 0.269. The summed E-state index contributed by atoms with van der Waals surface area (Å²) >= 11 is 0. The third kappa shape index (κ3) is 6.60. The van der Waals surface area contributed by atoms with Crippen LogP contribution < -0.4 is 14.8 Å². The van der Waals surface area contributed by atoms with Crippen LogP contribution in [0.1, 0.15) is 15.9 Å². The summed E-state index contributed by atoms with van der Waals surface area (Å²) in [7, 11) is -2.45. The Morgan fingerprint density at radius 2 is 1.83 bits per heavy atom. The summed E-state index contributed by atoms with van der Waals surface area (Å²) in [5.41, 5.74) is 1.81. The van der Waals surface area contributed by atoms with Crippen LogP contribution in [0, 0.1) is 0 Å². The minimum atomic E-state index is -3.92. The molecule has 1 amide bonds. The lowest BCUT2D eigenvalue weighted by molar-refractivity contribution is -0.0292. The second-order valence-electron chi connectivity index (χ2n) is 8.26. The highest BCUT2D eigenvalue weighted by molar-refractivity contribution is 7.92.